The molecule has 4 rings (SSSR count). The summed E-state index contributed by atoms with van der Waals surface area (Å²) in [7, 11) is 1.65. The van der Waals surface area contributed by atoms with Gasteiger partial charge in [-0.3, -0.25) is 14.7 Å². The molecule has 1 aliphatic heterocycles. The zero-order valence-corrected chi connectivity index (χ0v) is 19.0. The molecule has 0 aliphatic carbocycles. The number of fused-ring (bicyclic) bond motifs is 1. The summed E-state index contributed by atoms with van der Waals surface area (Å²) in [6.45, 7) is 2.99. The van der Waals surface area contributed by atoms with Crippen molar-refractivity contribution in [1.29, 1.82) is 0 Å². The third-order valence-electron chi connectivity index (χ3n) is 6.03. The Balaban J connectivity index is 1.61. The molecule has 0 unspecified atom stereocenters. The molecule has 5 nitrogen and oxygen atoms in total. The second-order valence-corrected chi connectivity index (χ2v) is 9.21. The number of carbonyl (C=O) groups is 1. The molecule has 1 N–H and O–H groups in total. The minimum Gasteiger partial charge on any atom is -0.383 e. The van der Waals surface area contributed by atoms with E-state index < -0.39 is 0 Å². The van der Waals surface area contributed by atoms with Crippen molar-refractivity contribution in [3.8, 4) is 0 Å². The Morgan fingerprint density at radius 1 is 1.19 bits per heavy atom. The van der Waals surface area contributed by atoms with Crippen LogP contribution in [0.1, 0.15) is 46.6 Å². The molecule has 1 saturated heterocycles. The molecule has 1 amide bonds. The lowest BCUT2D eigenvalue weighted by molar-refractivity contribution is 0.0939. The molecule has 1 fully saturated rings. The summed E-state index contributed by atoms with van der Waals surface area (Å²) >= 11 is 1.61. The largest absolute Gasteiger partial charge is 0.383 e. The average molecular weight is 438 g/mol. The number of aromatic nitrogens is 1. The van der Waals surface area contributed by atoms with Gasteiger partial charge in [-0.2, -0.15) is 0 Å². The van der Waals surface area contributed by atoms with Gasteiger partial charge in [0, 0.05) is 37.1 Å². The van der Waals surface area contributed by atoms with Crippen molar-refractivity contribution >= 4 is 27.3 Å². The highest BCUT2D eigenvalue weighted by atomic mass is 32.1. The average Bonchev–Trinajstić information content (AvgIpc) is 3.02. The van der Waals surface area contributed by atoms with Crippen molar-refractivity contribution < 1.29 is 9.53 Å². The van der Waals surface area contributed by atoms with Crippen LogP contribution in [-0.4, -0.2) is 48.6 Å². The molecule has 2 aromatic heterocycles. The van der Waals surface area contributed by atoms with Gasteiger partial charge < -0.3 is 10.1 Å². The molecule has 0 spiro atoms. The smallest absolute Gasteiger partial charge is 0.261 e. The van der Waals surface area contributed by atoms with E-state index in [1.54, 1.807) is 18.4 Å². The maximum Gasteiger partial charge on any atom is 0.261 e. The van der Waals surface area contributed by atoms with E-state index in [1.807, 2.05) is 18.3 Å². The number of amides is 1. The fraction of sp³-hybridized carbons (Fsp3) is 0.440. The Labute approximate surface area is 188 Å². The maximum absolute atomic E-state index is 13.0. The first-order valence-corrected chi connectivity index (χ1v) is 12.0. The second kappa shape index (κ2) is 10.8. The van der Waals surface area contributed by atoms with Crippen molar-refractivity contribution in [3.05, 3.63) is 64.8 Å². The minimum atomic E-state index is 0.0122. The van der Waals surface area contributed by atoms with Gasteiger partial charge in [0.15, 0.2) is 0 Å². The van der Waals surface area contributed by atoms with Crippen LogP contribution in [0.15, 0.2) is 48.7 Å². The maximum atomic E-state index is 13.0. The molecule has 0 radical (unpaired) electrons. The van der Waals surface area contributed by atoms with Crippen LogP contribution in [-0.2, 0) is 17.7 Å². The van der Waals surface area contributed by atoms with Crippen LogP contribution in [0.5, 0.6) is 0 Å². The number of pyridine rings is 1. The van der Waals surface area contributed by atoms with E-state index in [9.17, 15) is 4.79 Å². The summed E-state index contributed by atoms with van der Waals surface area (Å²) in [5.74, 6) is 0.0122. The Morgan fingerprint density at radius 3 is 2.90 bits per heavy atom. The van der Waals surface area contributed by atoms with Crippen molar-refractivity contribution in [2.24, 2.45) is 0 Å². The normalized spacial score (nSPS) is 17.5. The Kier molecular flexibility index (Phi) is 7.67. The van der Waals surface area contributed by atoms with E-state index in [0.29, 0.717) is 19.2 Å². The van der Waals surface area contributed by atoms with Gasteiger partial charge >= 0.3 is 0 Å². The summed E-state index contributed by atoms with van der Waals surface area (Å²) in [5, 5.41) is 4.24. The first-order valence-electron chi connectivity index (χ1n) is 11.2. The highest BCUT2D eigenvalue weighted by molar-refractivity contribution is 7.21. The topological polar surface area (TPSA) is 54.5 Å². The first-order chi connectivity index (χ1) is 15.3. The number of thiophene rings is 1. The molecule has 31 heavy (non-hydrogen) atoms. The van der Waals surface area contributed by atoms with Crippen LogP contribution >= 0.6 is 11.3 Å². The highest BCUT2D eigenvalue weighted by Crippen LogP contribution is 2.34. The fourth-order valence-electron chi connectivity index (χ4n) is 4.44. The first kappa shape index (κ1) is 21.9. The zero-order chi connectivity index (χ0) is 21.5. The summed E-state index contributed by atoms with van der Waals surface area (Å²) in [4.78, 5) is 21.0. The summed E-state index contributed by atoms with van der Waals surface area (Å²) in [6, 6.07) is 14.9. The van der Waals surface area contributed by atoms with E-state index in [1.165, 1.54) is 34.9 Å². The van der Waals surface area contributed by atoms with E-state index in [-0.39, 0.29) is 5.91 Å². The number of carbonyl (C=O) groups excluding carboxylic acids is 1. The molecule has 3 heterocycles. The molecular weight excluding hydrogens is 406 g/mol. The van der Waals surface area contributed by atoms with E-state index in [0.717, 1.165) is 36.5 Å². The second-order valence-electron chi connectivity index (χ2n) is 8.15. The predicted molar refractivity (Wildman–Crippen MR) is 127 cm³/mol. The lowest BCUT2D eigenvalue weighted by Gasteiger charge is -2.30. The number of nitrogens with one attached hydrogen (secondary N) is 1. The van der Waals surface area contributed by atoms with Gasteiger partial charge in [-0.15, -0.1) is 11.3 Å². The molecule has 6 heteroatoms. The van der Waals surface area contributed by atoms with Gasteiger partial charge in [-0.1, -0.05) is 37.1 Å². The summed E-state index contributed by atoms with van der Waals surface area (Å²) in [6.07, 6.45) is 7.64. The van der Waals surface area contributed by atoms with Crippen molar-refractivity contribution in [1.82, 2.24) is 15.2 Å². The quantitative estimate of drug-likeness (QED) is 0.521. The molecule has 3 aromatic rings. The number of nitrogens with zero attached hydrogens (tertiary/aromatic N) is 2. The SMILES string of the molecule is COCCNC(=O)c1sc2ccccc2c1C[C@H]1CCCCCN1Cc1ccccn1. The van der Waals surface area contributed by atoms with Gasteiger partial charge in [-0.25, -0.2) is 0 Å². The minimum absolute atomic E-state index is 0.0122. The number of hydrogen-bond donors (Lipinski definition) is 1. The summed E-state index contributed by atoms with van der Waals surface area (Å²) in [5.41, 5.74) is 2.30. The van der Waals surface area contributed by atoms with Gasteiger partial charge in [0.1, 0.15) is 0 Å². The Hall–Kier alpha value is -2.28. The lowest BCUT2D eigenvalue weighted by Crippen LogP contribution is -2.36. The standard InChI is InChI=1S/C25H31N3O2S/c1-30-16-14-27-25(29)24-22(21-11-4-5-12-23(21)31-24)17-20-10-3-2-8-15-28(20)18-19-9-6-7-13-26-19/h4-7,9,11-13,20H,2-3,8,10,14-18H2,1H3,(H,27,29)/t20-/m1/s1. The van der Waals surface area contributed by atoms with Crippen molar-refractivity contribution in [2.75, 3.05) is 26.8 Å². The fourth-order valence-corrected chi connectivity index (χ4v) is 5.59. The van der Waals surface area contributed by atoms with Crippen LogP contribution in [0.2, 0.25) is 0 Å². The Bertz CT molecular complexity index is 989. The number of benzene rings is 1. The molecular formula is C25H31N3O2S. The molecule has 1 aromatic carbocycles. The van der Waals surface area contributed by atoms with Gasteiger partial charge in [-0.05, 0) is 55.0 Å². The van der Waals surface area contributed by atoms with E-state index >= 15 is 0 Å². The van der Waals surface area contributed by atoms with E-state index in [2.05, 4.69) is 45.5 Å². The number of hydrogen-bond acceptors (Lipinski definition) is 5. The van der Waals surface area contributed by atoms with Gasteiger partial charge in [0.25, 0.3) is 5.91 Å². The van der Waals surface area contributed by atoms with Crippen LogP contribution in [0.25, 0.3) is 10.1 Å². The molecule has 0 bridgehead atoms. The van der Waals surface area contributed by atoms with Crippen molar-refractivity contribution in [3.63, 3.8) is 0 Å². The van der Waals surface area contributed by atoms with Crippen molar-refractivity contribution in [2.45, 2.75) is 44.7 Å². The van der Waals surface area contributed by atoms with Crippen LogP contribution < -0.4 is 5.32 Å². The number of methoxy groups -OCH3 is 1. The van der Waals surface area contributed by atoms with Gasteiger partial charge in [0.2, 0.25) is 0 Å². The number of rotatable bonds is 8. The molecule has 0 saturated carbocycles. The highest BCUT2D eigenvalue weighted by Gasteiger charge is 2.26. The zero-order valence-electron chi connectivity index (χ0n) is 18.2. The van der Waals surface area contributed by atoms with Crippen LogP contribution in [0.4, 0.5) is 0 Å². The van der Waals surface area contributed by atoms with Crippen LogP contribution in [0, 0.1) is 0 Å². The molecule has 164 valence electrons. The number of likely N-dealkylation sites (tertiary alicyclic amines) is 1. The third kappa shape index (κ3) is 5.50. The van der Waals surface area contributed by atoms with Gasteiger partial charge in [0.05, 0.1) is 17.2 Å². The molecule has 1 atom stereocenters. The lowest BCUT2D eigenvalue weighted by atomic mass is 9.97. The third-order valence-corrected chi connectivity index (χ3v) is 7.24. The molecule has 1 aliphatic rings. The number of ether oxygens (including phenoxy) is 1. The van der Waals surface area contributed by atoms with E-state index in [4.69, 9.17) is 4.74 Å². The monoisotopic (exact) mass is 437 g/mol. The summed E-state index contributed by atoms with van der Waals surface area (Å²) < 4.78 is 6.28. The Morgan fingerprint density at radius 2 is 2.06 bits per heavy atom. The predicted octanol–water partition coefficient (Wildman–Crippen LogP) is 4.66. The van der Waals surface area contributed by atoms with Crippen LogP contribution in [0.3, 0.4) is 0 Å².